The molecule has 0 atom stereocenters. The third-order valence-corrected chi connectivity index (χ3v) is 18.9. The predicted molar refractivity (Wildman–Crippen MR) is 387 cm³/mol. The highest BCUT2D eigenvalue weighted by Crippen LogP contribution is 2.50. The van der Waals surface area contributed by atoms with Crippen LogP contribution in [0.25, 0.3) is 119 Å². The molecule has 0 aliphatic heterocycles. The van der Waals surface area contributed by atoms with Gasteiger partial charge in [0.05, 0.1) is 0 Å². The van der Waals surface area contributed by atoms with Gasteiger partial charge in [0.25, 0.3) is 0 Å². The second kappa shape index (κ2) is 23.3. The standard InChI is InChI=1S/C43H31NO.C24H17NO.C18H13NS/c1-43(2)39-16-7-5-13-34(39)35-23-20-29(24-40(35)43)27-18-21-30(22-19-27)44-31-25-37(33-15-9-11-28-10-3-4-12-32(28)33)42-38(26-31)36-14-6-8-17-41(36)45-42;1-3-9-17(10-4-1)21-15-19(25-18-11-5-2-6-12-18)16-23-24(21)20-13-7-8-14-22(20)26-23;1-2-6-13(7-3-1)19-14-10-11-18-16(12-14)15-8-4-5-9-17(15)20-18/h3-26,44H,1-2H3;1-16,25H;1-12,19H. The number of nitrogens with one attached hydrogen (secondary N) is 3. The molecule has 0 saturated heterocycles. The summed E-state index contributed by atoms with van der Waals surface area (Å²) in [4.78, 5) is 0. The molecule has 5 nitrogen and oxygen atoms in total. The van der Waals surface area contributed by atoms with E-state index in [1.54, 1.807) is 0 Å². The van der Waals surface area contributed by atoms with Crippen LogP contribution in [-0.2, 0) is 5.41 Å². The van der Waals surface area contributed by atoms with Crippen molar-refractivity contribution in [3.63, 3.8) is 0 Å². The fourth-order valence-corrected chi connectivity index (χ4v) is 14.4. The summed E-state index contributed by atoms with van der Waals surface area (Å²) in [6.07, 6.45) is 0. The molecule has 6 heteroatoms. The highest BCUT2D eigenvalue weighted by Gasteiger charge is 2.35. The van der Waals surface area contributed by atoms with Crippen LogP contribution in [0.15, 0.2) is 324 Å². The average molecular weight is 1190 g/mol. The number of anilines is 6. The topological polar surface area (TPSA) is 62.4 Å². The van der Waals surface area contributed by atoms with E-state index in [0.717, 1.165) is 89.1 Å². The Balaban J connectivity index is 0.000000121. The number of furan rings is 2. The third-order valence-electron chi connectivity index (χ3n) is 17.7. The first-order valence-corrected chi connectivity index (χ1v) is 31.8. The van der Waals surface area contributed by atoms with E-state index in [-0.39, 0.29) is 5.41 Å². The molecule has 3 heterocycles. The van der Waals surface area contributed by atoms with E-state index in [9.17, 15) is 0 Å². The number of fused-ring (bicyclic) bond motifs is 13. The summed E-state index contributed by atoms with van der Waals surface area (Å²) < 4.78 is 15.3. The van der Waals surface area contributed by atoms with Crippen LogP contribution in [0, 0.1) is 0 Å². The Hall–Kier alpha value is -11.4. The summed E-state index contributed by atoms with van der Waals surface area (Å²) in [5.74, 6) is 0. The van der Waals surface area contributed by atoms with E-state index in [2.05, 4.69) is 279 Å². The van der Waals surface area contributed by atoms with Crippen LogP contribution in [0.1, 0.15) is 25.0 Å². The van der Waals surface area contributed by atoms with E-state index in [4.69, 9.17) is 8.83 Å². The molecular formula is C85H61N3O2S. The van der Waals surface area contributed by atoms with Crippen LogP contribution in [-0.4, -0.2) is 0 Å². The van der Waals surface area contributed by atoms with E-state index in [1.165, 1.54) is 75.5 Å². The Kier molecular flexibility index (Phi) is 14.0. The number of benzene rings is 14. The monoisotopic (exact) mass is 1190 g/mol. The normalized spacial score (nSPS) is 12.2. The van der Waals surface area contributed by atoms with E-state index >= 15 is 0 Å². The minimum Gasteiger partial charge on any atom is -0.456 e. The van der Waals surface area contributed by atoms with Crippen molar-refractivity contribution in [3.8, 4) is 44.5 Å². The molecule has 0 saturated carbocycles. The number of rotatable bonds is 9. The summed E-state index contributed by atoms with van der Waals surface area (Å²) in [5, 5.41) is 20.3. The molecule has 17 aromatic rings. The van der Waals surface area contributed by atoms with Crippen molar-refractivity contribution in [3.05, 3.63) is 327 Å². The van der Waals surface area contributed by atoms with Gasteiger partial charge in [0.15, 0.2) is 0 Å². The highest BCUT2D eigenvalue weighted by molar-refractivity contribution is 7.25. The molecule has 3 N–H and O–H groups in total. The second-order valence-corrected chi connectivity index (χ2v) is 24.9. The fourth-order valence-electron chi connectivity index (χ4n) is 13.3. The maximum atomic E-state index is 6.50. The van der Waals surface area contributed by atoms with Crippen molar-refractivity contribution in [1.29, 1.82) is 0 Å². The lowest BCUT2D eigenvalue weighted by atomic mass is 9.81. The first-order valence-electron chi connectivity index (χ1n) is 30.9. The van der Waals surface area contributed by atoms with Gasteiger partial charge in [-0.05, 0) is 158 Å². The van der Waals surface area contributed by atoms with Crippen LogP contribution < -0.4 is 16.0 Å². The molecule has 1 aliphatic rings. The van der Waals surface area contributed by atoms with Crippen LogP contribution in [0.4, 0.5) is 34.1 Å². The minimum atomic E-state index is -0.0128. The van der Waals surface area contributed by atoms with Crippen molar-refractivity contribution in [1.82, 2.24) is 0 Å². The van der Waals surface area contributed by atoms with Crippen LogP contribution >= 0.6 is 11.3 Å². The molecular weight excluding hydrogens is 1130 g/mol. The Morgan fingerprint density at radius 3 is 1.57 bits per heavy atom. The molecule has 1 aliphatic carbocycles. The summed E-state index contributed by atoms with van der Waals surface area (Å²) in [6, 6.07) is 111. The van der Waals surface area contributed by atoms with Gasteiger partial charge in [-0.25, -0.2) is 0 Å². The summed E-state index contributed by atoms with van der Waals surface area (Å²) in [5.41, 5.74) is 22.6. The summed E-state index contributed by atoms with van der Waals surface area (Å²) >= 11 is 1.85. The van der Waals surface area contributed by atoms with Gasteiger partial charge in [-0.1, -0.05) is 226 Å². The van der Waals surface area contributed by atoms with Gasteiger partial charge in [-0.2, -0.15) is 0 Å². The second-order valence-electron chi connectivity index (χ2n) is 23.8. The molecule has 14 aromatic carbocycles. The van der Waals surface area contributed by atoms with Gasteiger partial charge in [0.2, 0.25) is 0 Å². The zero-order chi connectivity index (χ0) is 60.8. The first kappa shape index (κ1) is 54.9. The Morgan fingerprint density at radius 2 is 0.802 bits per heavy atom. The highest BCUT2D eigenvalue weighted by atomic mass is 32.1. The fraction of sp³-hybridized carbons (Fsp3) is 0.0353. The first-order chi connectivity index (χ1) is 44.8. The van der Waals surface area contributed by atoms with Gasteiger partial charge in [0.1, 0.15) is 22.3 Å². The minimum absolute atomic E-state index is 0.0128. The van der Waals surface area contributed by atoms with E-state index < -0.39 is 0 Å². The molecule has 434 valence electrons. The molecule has 3 aromatic heterocycles. The maximum Gasteiger partial charge on any atom is 0.143 e. The van der Waals surface area contributed by atoms with E-state index in [0.29, 0.717) is 0 Å². The zero-order valence-electron chi connectivity index (χ0n) is 50.2. The van der Waals surface area contributed by atoms with Crippen LogP contribution in [0.5, 0.6) is 0 Å². The quantitative estimate of drug-likeness (QED) is 0.134. The van der Waals surface area contributed by atoms with Gasteiger partial charge in [-0.3, -0.25) is 0 Å². The number of thiophene rings is 1. The molecule has 0 fully saturated rings. The molecule has 0 spiro atoms. The van der Waals surface area contributed by atoms with Gasteiger partial charge in [-0.15, -0.1) is 11.3 Å². The van der Waals surface area contributed by atoms with Crippen molar-refractivity contribution in [2.24, 2.45) is 0 Å². The van der Waals surface area contributed by atoms with Crippen molar-refractivity contribution >= 4 is 120 Å². The zero-order valence-corrected chi connectivity index (χ0v) is 51.1. The lowest BCUT2D eigenvalue weighted by Gasteiger charge is -2.22. The van der Waals surface area contributed by atoms with Crippen molar-refractivity contribution in [2.45, 2.75) is 19.3 Å². The number of hydrogen-bond acceptors (Lipinski definition) is 6. The number of hydrogen-bond donors (Lipinski definition) is 3. The predicted octanol–water partition coefficient (Wildman–Crippen LogP) is 24.9. The molecule has 91 heavy (non-hydrogen) atoms. The van der Waals surface area contributed by atoms with Crippen LogP contribution in [0.3, 0.4) is 0 Å². The van der Waals surface area contributed by atoms with Gasteiger partial charge in [0, 0.05) is 92.9 Å². The summed E-state index contributed by atoms with van der Waals surface area (Å²) in [7, 11) is 0. The Morgan fingerprint density at radius 1 is 0.275 bits per heavy atom. The van der Waals surface area contributed by atoms with Gasteiger partial charge < -0.3 is 24.8 Å². The molecule has 0 radical (unpaired) electrons. The Bertz CT molecular complexity index is 5530. The molecule has 0 amide bonds. The lowest BCUT2D eigenvalue weighted by Crippen LogP contribution is -2.14. The third kappa shape index (κ3) is 10.5. The SMILES string of the molecule is CC1(C)c2ccccc2-c2ccc(-c3ccc(Nc4cc(-c5cccc6ccccc56)c5oc6ccccc6c5c4)cc3)cc21.c1ccc(Nc2cc(-c3ccccc3)c3c(c2)oc2ccccc23)cc1.c1ccc(Nc2ccc3sc4ccccc4c3c2)cc1. The van der Waals surface area contributed by atoms with E-state index in [1.807, 2.05) is 78.1 Å². The molecule has 18 rings (SSSR count). The van der Waals surface area contributed by atoms with Gasteiger partial charge >= 0.3 is 0 Å². The molecule has 0 bridgehead atoms. The van der Waals surface area contributed by atoms with Crippen molar-refractivity contribution in [2.75, 3.05) is 16.0 Å². The summed E-state index contributed by atoms with van der Waals surface area (Å²) in [6.45, 7) is 4.67. The molecule has 0 unspecified atom stereocenters. The lowest BCUT2D eigenvalue weighted by molar-refractivity contribution is 0.660. The average Bonchev–Trinajstić information content (AvgIpc) is 1.97. The van der Waals surface area contributed by atoms with Crippen molar-refractivity contribution < 1.29 is 8.83 Å². The smallest absolute Gasteiger partial charge is 0.143 e. The number of para-hydroxylation sites is 4. The van der Waals surface area contributed by atoms with Crippen LogP contribution in [0.2, 0.25) is 0 Å². The largest absolute Gasteiger partial charge is 0.456 e. The Labute approximate surface area is 532 Å². The maximum absolute atomic E-state index is 6.50.